The molecule has 0 radical (unpaired) electrons. The first-order chi connectivity index (χ1) is 11.7. The van der Waals surface area contributed by atoms with Crippen molar-refractivity contribution >= 4 is 5.96 Å². The molecule has 0 bridgehead atoms. The molecule has 5 nitrogen and oxygen atoms in total. The number of nitrogens with two attached hydrogens (primary N) is 1. The highest BCUT2D eigenvalue weighted by Gasteiger charge is 2.23. The predicted octanol–water partition coefficient (Wildman–Crippen LogP) is 1.90. The Kier molecular flexibility index (Phi) is 6.04. The van der Waals surface area contributed by atoms with Crippen LogP contribution in [0.3, 0.4) is 0 Å². The van der Waals surface area contributed by atoms with Crippen LogP contribution in [0.4, 0.5) is 4.39 Å². The third-order valence-electron chi connectivity index (χ3n) is 4.95. The third kappa shape index (κ3) is 4.68. The summed E-state index contributed by atoms with van der Waals surface area (Å²) < 4.78 is 19.1. The highest BCUT2D eigenvalue weighted by molar-refractivity contribution is 5.77. The Morgan fingerprint density at radius 3 is 2.83 bits per heavy atom. The van der Waals surface area contributed by atoms with Crippen LogP contribution in [-0.4, -0.2) is 50.3 Å². The number of aliphatic imine (C=N–C) groups is 1. The van der Waals surface area contributed by atoms with Gasteiger partial charge < -0.3 is 15.8 Å². The number of ether oxygens (including phenoxy) is 1. The zero-order valence-corrected chi connectivity index (χ0v) is 14.1. The first-order valence-corrected chi connectivity index (χ1v) is 8.83. The molecule has 1 unspecified atom stereocenters. The lowest BCUT2D eigenvalue weighted by Gasteiger charge is -2.34. The van der Waals surface area contributed by atoms with Gasteiger partial charge in [-0.2, -0.15) is 0 Å². The summed E-state index contributed by atoms with van der Waals surface area (Å²) in [7, 11) is 0. The van der Waals surface area contributed by atoms with E-state index in [0.29, 0.717) is 25.7 Å². The average molecular weight is 334 g/mol. The summed E-state index contributed by atoms with van der Waals surface area (Å²) in [6.45, 7) is 4.47. The Morgan fingerprint density at radius 2 is 2.17 bits per heavy atom. The summed E-state index contributed by atoms with van der Waals surface area (Å²) in [5.41, 5.74) is 6.95. The second-order valence-corrected chi connectivity index (χ2v) is 6.62. The summed E-state index contributed by atoms with van der Waals surface area (Å²) in [5, 5.41) is 3.22. The summed E-state index contributed by atoms with van der Waals surface area (Å²) in [6.07, 6.45) is 3.88. The lowest BCUT2D eigenvalue weighted by atomic mass is 9.85. The molecule has 1 aliphatic heterocycles. The van der Waals surface area contributed by atoms with Gasteiger partial charge in [0, 0.05) is 19.6 Å². The minimum absolute atomic E-state index is 0.0219. The summed E-state index contributed by atoms with van der Waals surface area (Å²) in [5.74, 6) is 0.999. The normalized spacial score (nSPS) is 21.3. The molecular formula is C18H27FN4O. The Hall–Kier alpha value is -1.66. The lowest BCUT2D eigenvalue weighted by molar-refractivity contribution is 0.0179. The number of hydrogen-bond donors (Lipinski definition) is 2. The summed E-state index contributed by atoms with van der Waals surface area (Å²) >= 11 is 0. The van der Waals surface area contributed by atoms with Gasteiger partial charge in [0.05, 0.1) is 25.8 Å². The van der Waals surface area contributed by atoms with Gasteiger partial charge in [-0.05, 0) is 36.5 Å². The SMILES string of the molecule is NC(=NCC(c1cccc(F)c1)N1CCOCC1)NCC1CCC1. The predicted molar refractivity (Wildman–Crippen MR) is 93.4 cm³/mol. The number of guanidine groups is 1. The molecule has 3 N–H and O–H groups in total. The van der Waals surface area contributed by atoms with E-state index in [1.807, 2.05) is 6.07 Å². The zero-order valence-electron chi connectivity index (χ0n) is 14.1. The van der Waals surface area contributed by atoms with Crippen molar-refractivity contribution in [2.24, 2.45) is 16.6 Å². The molecule has 6 heteroatoms. The highest BCUT2D eigenvalue weighted by Crippen LogP contribution is 2.25. The largest absolute Gasteiger partial charge is 0.379 e. The van der Waals surface area contributed by atoms with Crippen LogP contribution in [0.5, 0.6) is 0 Å². The molecule has 1 atom stereocenters. The number of benzene rings is 1. The molecule has 1 heterocycles. The Bertz CT molecular complexity index is 556. The Labute approximate surface area is 143 Å². The van der Waals surface area contributed by atoms with E-state index < -0.39 is 0 Å². The van der Waals surface area contributed by atoms with Gasteiger partial charge in [0.1, 0.15) is 5.82 Å². The topological polar surface area (TPSA) is 62.9 Å². The number of nitrogens with zero attached hydrogens (tertiary/aromatic N) is 2. The maximum absolute atomic E-state index is 13.6. The van der Waals surface area contributed by atoms with Crippen molar-refractivity contribution < 1.29 is 9.13 Å². The van der Waals surface area contributed by atoms with Gasteiger partial charge >= 0.3 is 0 Å². The number of halogens is 1. The highest BCUT2D eigenvalue weighted by atomic mass is 19.1. The fraction of sp³-hybridized carbons (Fsp3) is 0.611. The minimum Gasteiger partial charge on any atom is -0.379 e. The maximum Gasteiger partial charge on any atom is 0.188 e. The molecule has 0 aromatic heterocycles. The second kappa shape index (κ2) is 8.44. The van der Waals surface area contributed by atoms with E-state index >= 15 is 0 Å². The number of morpholine rings is 1. The Morgan fingerprint density at radius 1 is 1.38 bits per heavy atom. The molecule has 24 heavy (non-hydrogen) atoms. The van der Waals surface area contributed by atoms with Crippen LogP contribution in [0.15, 0.2) is 29.3 Å². The molecule has 0 amide bonds. The van der Waals surface area contributed by atoms with Crippen molar-refractivity contribution in [3.8, 4) is 0 Å². The van der Waals surface area contributed by atoms with Crippen molar-refractivity contribution in [2.45, 2.75) is 25.3 Å². The van der Waals surface area contributed by atoms with E-state index in [1.54, 1.807) is 12.1 Å². The molecule has 2 aliphatic rings. The van der Waals surface area contributed by atoms with Crippen molar-refractivity contribution in [1.82, 2.24) is 10.2 Å². The van der Waals surface area contributed by atoms with Crippen LogP contribution in [0.1, 0.15) is 30.9 Å². The van der Waals surface area contributed by atoms with Crippen LogP contribution in [0.25, 0.3) is 0 Å². The van der Waals surface area contributed by atoms with Gasteiger partial charge in [-0.1, -0.05) is 18.6 Å². The van der Waals surface area contributed by atoms with Gasteiger partial charge in [0.2, 0.25) is 0 Å². The molecule has 1 aromatic rings. The van der Waals surface area contributed by atoms with Crippen LogP contribution < -0.4 is 11.1 Å². The second-order valence-electron chi connectivity index (χ2n) is 6.62. The average Bonchev–Trinajstić information content (AvgIpc) is 2.55. The Balaban J connectivity index is 1.64. The van der Waals surface area contributed by atoms with Crippen molar-refractivity contribution in [1.29, 1.82) is 0 Å². The van der Waals surface area contributed by atoms with Crippen LogP contribution in [-0.2, 0) is 4.74 Å². The smallest absolute Gasteiger partial charge is 0.188 e. The van der Waals surface area contributed by atoms with Crippen LogP contribution in [0, 0.1) is 11.7 Å². The van der Waals surface area contributed by atoms with Crippen molar-refractivity contribution in [3.05, 3.63) is 35.6 Å². The molecule has 1 saturated heterocycles. The summed E-state index contributed by atoms with van der Waals surface area (Å²) in [6, 6.07) is 6.79. The standard InChI is InChI=1S/C18H27FN4O/c19-16-6-2-5-15(11-16)17(23-7-9-24-10-8-23)13-22-18(20)21-12-14-3-1-4-14/h2,5-6,11,14,17H,1,3-4,7-10,12-13H2,(H3,20,21,22). The van der Waals surface area contributed by atoms with Gasteiger partial charge in [0.25, 0.3) is 0 Å². The monoisotopic (exact) mass is 334 g/mol. The van der Waals surface area contributed by atoms with E-state index in [4.69, 9.17) is 10.5 Å². The third-order valence-corrected chi connectivity index (χ3v) is 4.95. The van der Waals surface area contributed by atoms with E-state index in [-0.39, 0.29) is 11.9 Å². The lowest BCUT2D eigenvalue weighted by Crippen LogP contribution is -2.41. The fourth-order valence-electron chi connectivity index (χ4n) is 3.22. The first-order valence-electron chi connectivity index (χ1n) is 8.83. The quantitative estimate of drug-likeness (QED) is 0.616. The zero-order chi connectivity index (χ0) is 16.8. The van der Waals surface area contributed by atoms with Gasteiger partial charge in [-0.3, -0.25) is 9.89 Å². The first kappa shape index (κ1) is 17.2. The number of nitrogens with one attached hydrogen (secondary N) is 1. The minimum atomic E-state index is -0.217. The van der Waals surface area contributed by atoms with Gasteiger partial charge in [-0.15, -0.1) is 0 Å². The van der Waals surface area contributed by atoms with Gasteiger partial charge in [0.15, 0.2) is 5.96 Å². The molecule has 1 aliphatic carbocycles. The molecule has 2 fully saturated rings. The van der Waals surface area contributed by atoms with Crippen molar-refractivity contribution in [3.63, 3.8) is 0 Å². The molecule has 3 rings (SSSR count). The van der Waals surface area contributed by atoms with Gasteiger partial charge in [-0.25, -0.2) is 4.39 Å². The van der Waals surface area contributed by atoms with E-state index in [9.17, 15) is 4.39 Å². The van der Waals surface area contributed by atoms with Crippen LogP contribution in [0.2, 0.25) is 0 Å². The van der Waals surface area contributed by atoms with Crippen molar-refractivity contribution in [2.75, 3.05) is 39.4 Å². The number of rotatable bonds is 6. The molecule has 132 valence electrons. The number of hydrogen-bond acceptors (Lipinski definition) is 3. The summed E-state index contributed by atoms with van der Waals surface area (Å²) in [4.78, 5) is 6.81. The van der Waals surface area contributed by atoms with E-state index in [0.717, 1.165) is 31.1 Å². The molecular weight excluding hydrogens is 307 g/mol. The molecule has 1 saturated carbocycles. The van der Waals surface area contributed by atoms with Crippen LogP contribution >= 0.6 is 0 Å². The van der Waals surface area contributed by atoms with E-state index in [1.165, 1.54) is 25.3 Å². The maximum atomic E-state index is 13.6. The molecule has 0 spiro atoms. The molecule has 1 aromatic carbocycles. The van der Waals surface area contributed by atoms with E-state index in [2.05, 4.69) is 15.2 Å². The fourth-order valence-corrected chi connectivity index (χ4v) is 3.22.